The lowest BCUT2D eigenvalue weighted by molar-refractivity contribution is -0.129. The fourth-order valence-electron chi connectivity index (χ4n) is 2.95. The highest BCUT2D eigenvalue weighted by atomic mass is 16.5. The van der Waals surface area contributed by atoms with Crippen molar-refractivity contribution in [2.45, 2.75) is 44.9 Å². The second-order valence-electron chi connectivity index (χ2n) is 5.52. The third-order valence-electron chi connectivity index (χ3n) is 4.14. The Balaban J connectivity index is 1.81. The molecule has 0 N–H and O–H groups in total. The van der Waals surface area contributed by atoms with Gasteiger partial charge < -0.3 is 9.64 Å². The maximum absolute atomic E-state index is 12.7. The Bertz CT molecular complexity index is 521. The van der Waals surface area contributed by atoms with Gasteiger partial charge in [-0.2, -0.15) is 5.10 Å². The first-order valence-corrected chi connectivity index (χ1v) is 7.29. The fourth-order valence-corrected chi connectivity index (χ4v) is 2.95. The number of amides is 1. The highest BCUT2D eigenvalue weighted by Crippen LogP contribution is 2.22. The van der Waals surface area contributed by atoms with Gasteiger partial charge in [0.2, 0.25) is 5.91 Å². The molecule has 1 aromatic heterocycles. The van der Waals surface area contributed by atoms with Gasteiger partial charge >= 0.3 is 0 Å². The zero-order valence-corrected chi connectivity index (χ0v) is 11.9. The van der Waals surface area contributed by atoms with Crippen LogP contribution in [0.25, 0.3) is 0 Å². The van der Waals surface area contributed by atoms with E-state index in [1.807, 2.05) is 15.6 Å². The number of carbonyl (C=O) groups is 1. The summed E-state index contributed by atoms with van der Waals surface area (Å²) in [5, 5.41) is 4.31. The fraction of sp³-hybridized carbons (Fsp3) is 0.600. The standard InChI is InChI=1S/C15H21N3O2/c1-20-14-10-17(9-13-7-8-16-18(13)11-14)15(19)12-5-3-2-4-6-12/h5,7-8,14H,2-4,6,9-11H2,1H3/t14-/m0/s1. The minimum absolute atomic E-state index is 0.00397. The van der Waals surface area contributed by atoms with Gasteiger partial charge in [0.05, 0.1) is 24.9 Å². The monoisotopic (exact) mass is 275 g/mol. The van der Waals surface area contributed by atoms with Crippen molar-refractivity contribution in [3.8, 4) is 0 Å². The molecule has 1 atom stereocenters. The van der Waals surface area contributed by atoms with Gasteiger partial charge in [-0.1, -0.05) is 6.08 Å². The highest BCUT2D eigenvalue weighted by Gasteiger charge is 2.27. The maximum atomic E-state index is 12.7. The number of hydrogen-bond acceptors (Lipinski definition) is 3. The molecule has 1 aromatic rings. The molecule has 2 heterocycles. The first kappa shape index (κ1) is 13.4. The molecule has 5 nitrogen and oxygen atoms in total. The second kappa shape index (κ2) is 5.79. The van der Waals surface area contributed by atoms with Gasteiger partial charge in [-0.3, -0.25) is 9.48 Å². The molecule has 0 spiro atoms. The van der Waals surface area contributed by atoms with E-state index in [1.165, 1.54) is 6.42 Å². The van der Waals surface area contributed by atoms with Gasteiger partial charge in [-0.25, -0.2) is 0 Å². The molecule has 1 aliphatic heterocycles. The first-order chi connectivity index (χ1) is 9.78. The number of allylic oxidation sites excluding steroid dienone is 1. The molecule has 20 heavy (non-hydrogen) atoms. The van der Waals surface area contributed by atoms with Crippen LogP contribution in [0.5, 0.6) is 0 Å². The Morgan fingerprint density at radius 2 is 2.30 bits per heavy atom. The van der Waals surface area contributed by atoms with Gasteiger partial charge in [-0.15, -0.1) is 0 Å². The third kappa shape index (κ3) is 2.63. The summed E-state index contributed by atoms with van der Waals surface area (Å²) < 4.78 is 7.43. The number of ether oxygens (including phenoxy) is 1. The maximum Gasteiger partial charge on any atom is 0.249 e. The molecule has 0 saturated heterocycles. The minimum Gasteiger partial charge on any atom is -0.378 e. The van der Waals surface area contributed by atoms with Crippen LogP contribution in [0.3, 0.4) is 0 Å². The van der Waals surface area contributed by atoms with Gasteiger partial charge in [0.15, 0.2) is 0 Å². The number of rotatable bonds is 2. The average Bonchev–Trinajstić information content (AvgIpc) is 2.85. The average molecular weight is 275 g/mol. The molecule has 0 fully saturated rings. The Morgan fingerprint density at radius 1 is 1.40 bits per heavy atom. The molecule has 108 valence electrons. The van der Waals surface area contributed by atoms with Crippen molar-refractivity contribution in [2.24, 2.45) is 0 Å². The van der Waals surface area contributed by atoms with Crippen LogP contribution in [0.4, 0.5) is 0 Å². The topological polar surface area (TPSA) is 47.4 Å². The third-order valence-corrected chi connectivity index (χ3v) is 4.14. The van der Waals surface area contributed by atoms with Gasteiger partial charge in [0.1, 0.15) is 0 Å². The lowest BCUT2D eigenvalue weighted by Crippen LogP contribution is -2.37. The Hall–Kier alpha value is -1.62. The van der Waals surface area contributed by atoms with E-state index in [9.17, 15) is 4.79 Å². The van der Waals surface area contributed by atoms with Crippen LogP contribution < -0.4 is 0 Å². The molecule has 1 amide bonds. The molecule has 0 radical (unpaired) electrons. The number of methoxy groups -OCH3 is 1. The summed E-state index contributed by atoms with van der Waals surface area (Å²) in [4.78, 5) is 14.6. The largest absolute Gasteiger partial charge is 0.378 e. The van der Waals surface area contributed by atoms with E-state index >= 15 is 0 Å². The molecule has 5 heteroatoms. The molecule has 0 unspecified atom stereocenters. The predicted molar refractivity (Wildman–Crippen MR) is 75.0 cm³/mol. The van der Waals surface area contributed by atoms with Crippen molar-refractivity contribution in [1.82, 2.24) is 14.7 Å². The Morgan fingerprint density at radius 3 is 3.05 bits per heavy atom. The van der Waals surface area contributed by atoms with Crippen molar-refractivity contribution in [3.63, 3.8) is 0 Å². The van der Waals surface area contributed by atoms with Gasteiger partial charge in [-0.05, 0) is 31.7 Å². The Labute approximate surface area is 119 Å². The smallest absolute Gasteiger partial charge is 0.249 e. The van der Waals surface area contributed by atoms with E-state index in [-0.39, 0.29) is 12.0 Å². The zero-order valence-electron chi connectivity index (χ0n) is 11.9. The van der Waals surface area contributed by atoms with Crippen LogP contribution in [0, 0.1) is 0 Å². The van der Waals surface area contributed by atoms with E-state index in [2.05, 4.69) is 11.2 Å². The van der Waals surface area contributed by atoms with E-state index < -0.39 is 0 Å². The number of aromatic nitrogens is 2. The molecular formula is C15H21N3O2. The molecule has 0 aromatic carbocycles. The SMILES string of the molecule is CO[C@H]1CN(C(=O)C2=CCCCC2)Cc2ccnn2C1. The number of fused-ring (bicyclic) bond motifs is 1. The second-order valence-corrected chi connectivity index (χ2v) is 5.52. The predicted octanol–water partition coefficient (Wildman–Crippen LogP) is 1.74. The summed E-state index contributed by atoms with van der Waals surface area (Å²) in [6.45, 7) is 1.97. The van der Waals surface area contributed by atoms with Crippen molar-refractivity contribution >= 4 is 5.91 Å². The summed E-state index contributed by atoms with van der Waals surface area (Å²) in [6, 6.07) is 1.98. The minimum atomic E-state index is 0.00397. The molecule has 3 rings (SSSR count). The quantitative estimate of drug-likeness (QED) is 0.826. The number of hydrogen-bond donors (Lipinski definition) is 0. The van der Waals surface area contributed by atoms with Crippen molar-refractivity contribution < 1.29 is 9.53 Å². The molecule has 1 aliphatic carbocycles. The van der Waals surface area contributed by atoms with Crippen LogP contribution in [0.1, 0.15) is 31.4 Å². The molecule has 2 aliphatic rings. The van der Waals surface area contributed by atoms with Crippen LogP contribution >= 0.6 is 0 Å². The lowest BCUT2D eigenvalue weighted by atomic mass is 9.98. The van der Waals surface area contributed by atoms with Gasteiger partial charge in [0.25, 0.3) is 0 Å². The van der Waals surface area contributed by atoms with E-state index in [0.717, 1.165) is 30.5 Å². The van der Waals surface area contributed by atoms with Crippen LogP contribution in [-0.2, 0) is 22.6 Å². The summed E-state index contributed by atoms with van der Waals surface area (Å²) in [5.41, 5.74) is 2.05. The summed E-state index contributed by atoms with van der Waals surface area (Å²) in [5.74, 6) is 0.168. The lowest BCUT2D eigenvalue weighted by Gasteiger charge is -2.25. The zero-order chi connectivity index (χ0) is 13.9. The normalized spacial score (nSPS) is 22.9. The number of nitrogens with zero attached hydrogens (tertiary/aromatic N) is 3. The van der Waals surface area contributed by atoms with E-state index in [4.69, 9.17) is 4.74 Å². The van der Waals surface area contributed by atoms with Crippen molar-refractivity contribution in [2.75, 3.05) is 13.7 Å². The van der Waals surface area contributed by atoms with Crippen LogP contribution in [0.2, 0.25) is 0 Å². The Kier molecular flexibility index (Phi) is 3.87. The van der Waals surface area contributed by atoms with Gasteiger partial charge in [0, 0.05) is 25.4 Å². The molecule has 0 saturated carbocycles. The highest BCUT2D eigenvalue weighted by molar-refractivity contribution is 5.93. The summed E-state index contributed by atoms with van der Waals surface area (Å²) in [6.07, 6.45) is 8.16. The van der Waals surface area contributed by atoms with Crippen molar-refractivity contribution in [1.29, 1.82) is 0 Å². The summed E-state index contributed by atoms with van der Waals surface area (Å²) >= 11 is 0. The summed E-state index contributed by atoms with van der Waals surface area (Å²) in [7, 11) is 1.70. The first-order valence-electron chi connectivity index (χ1n) is 7.29. The van der Waals surface area contributed by atoms with Crippen LogP contribution in [-0.4, -0.2) is 40.3 Å². The van der Waals surface area contributed by atoms with Crippen molar-refractivity contribution in [3.05, 3.63) is 29.6 Å². The van der Waals surface area contributed by atoms with Crippen LogP contribution in [0.15, 0.2) is 23.9 Å². The molecular weight excluding hydrogens is 254 g/mol. The van der Waals surface area contributed by atoms with E-state index in [0.29, 0.717) is 19.6 Å². The van der Waals surface area contributed by atoms with E-state index in [1.54, 1.807) is 13.3 Å². The molecule has 0 bridgehead atoms. The number of carbonyl (C=O) groups excluding carboxylic acids is 1.